The number of aromatic nitrogens is 1. The van der Waals surface area contributed by atoms with Crippen LogP contribution in [0.5, 0.6) is 0 Å². The lowest BCUT2D eigenvalue weighted by Crippen LogP contribution is -2.09. The van der Waals surface area contributed by atoms with Gasteiger partial charge in [0, 0.05) is 54.6 Å². The van der Waals surface area contributed by atoms with E-state index in [-0.39, 0.29) is 0 Å². The minimum atomic E-state index is 0.553. The van der Waals surface area contributed by atoms with Crippen molar-refractivity contribution in [2.24, 2.45) is 0 Å². The molecule has 0 aliphatic rings. The zero-order valence-corrected chi connectivity index (χ0v) is 21.8. The molecular weight excluding hydrogens is 486 g/mol. The quantitative estimate of drug-likeness (QED) is 0.103. The highest BCUT2D eigenvalue weighted by Gasteiger charge is 2.04. The number of carbonyl (C=O) groups is 1. The van der Waals surface area contributed by atoms with E-state index in [1.165, 1.54) is 16.0 Å². The Kier molecular flexibility index (Phi) is 12.3. The van der Waals surface area contributed by atoms with Gasteiger partial charge in [0.1, 0.15) is 0 Å². The summed E-state index contributed by atoms with van der Waals surface area (Å²) in [7, 11) is 1.93. The SMILES string of the molecule is CNc1ccc(NSCCNSc2ccccc2-c2ccccc2)cc1.O=CNCc1cccnc1. The van der Waals surface area contributed by atoms with Crippen LogP contribution in [-0.2, 0) is 11.3 Å². The fraction of sp³-hybridized carbons (Fsp3) is 0.143. The van der Waals surface area contributed by atoms with E-state index in [1.807, 2.05) is 25.2 Å². The number of hydrogen-bond acceptors (Lipinski definition) is 7. The predicted molar refractivity (Wildman–Crippen MR) is 155 cm³/mol. The second kappa shape index (κ2) is 16.3. The molecule has 0 radical (unpaired) electrons. The third kappa shape index (κ3) is 9.65. The van der Waals surface area contributed by atoms with Crippen molar-refractivity contribution in [3.63, 3.8) is 0 Å². The molecule has 0 saturated carbocycles. The number of carbonyl (C=O) groups excluding carboxylic acids is 1. The van der Waals surface area contributed by atoms with E-state index in [0.717, 1.165) is 29.2 Å². The molecule has 0 aliphatic heterocycles. The molecule has 0 saturated heterocycles. The maximum atomic E-state index is 9.85. The van der Waals surface area contributed by atoms with E-state index in [4.69, 9.17) is 0 Å². The van der Waals surface area contributed by atoms with E-state index >= 15 is 0 Å². The van der Waals surface area contributed by atoms with Crippen LogP contribution in [0.25, 0.3) is 11.1 Å². The standard InChI is InChI=1S/C21H23N3S2.C7H8N2O/c1-22-18-11-13-19(14-12-18)24-25-16-15-23-26-21-10-6-5-9-20(21)17-7-3-2-4-8-17;10-6-9-5-7-2-1-3-8-4-7/h2-14,22-24H,15-16H2,1H3;1-4,6H,5H2,(H,9,10). The molecule has 0 bridgehead atoms. The van der Waals surface area contributed by atoms with Crippen molar-refractivity contribution >= 4 is 41.7 Å². The van der Waals surface area contributed by atoms with E-state index in [2.05, 4.69) is 97.9 Å². The van der Waals surface area contributed by atoms with Crippen molar-refractivity contribution in [3.05, 3.63) is 109 Å². The average Bonchev–Trinajstić information content (AvgIpc) is 2.95. The Morgan fingerprint density at radius 2 is 1.61 bits per heavy atom. The third-order valence-electron chi connectivity index (χ3n) is 4.94. The zero-order chi connectivity index (χ0) is 25.3. The van der Waals surface area contributed by atoms with Gasteiger partial charge in [-0.15, -0.1) is 0 Å². The normalized spacial score (nSPS) is 10.0. The van der Waals surface area contributed by atoms with Gasteiger partial charge in [-0.05, 0) is 65.0 Å². The molecule has 1 amide bonds. The van der Waals surface area contributed by atoms with E-state index in [9.17, 15) is 4.79 Å². The number of pyridine rings is 1. The number of nitrogens with zero attached hydrogens (tertiary/aromatic N) is 1. The summed E-state index contributed by atoms with van der Waals surface area (Å²) in [5, 5.41) is 5.67. The minimum absolute atomic E-state index is 0.553. The minimum Gasteiger partial charge on any atom is -0.388 e. The van der Waals surface area contributed by atoms with Crippen LogP contribution in [0.15, 0.2) is 108 Å². The van der Waals surface area contributed by atoms with Crippen molar-refractivity contribution in [1.29, 1.82) is 0 Å². The van der Waals surface area contributed by atoms with Gasteiger partial charge >= 0.3 is 0 Å². The molecule has 186 valence electrons. The van der Waals surface area contributed by atoms with Crippen LogP contribution in [0.4, 0.5) is 11.4 Å². The van der Waals surface area contributed by atoms with Crippen LogP contribution in [-0.4, -0.2) is 30.7 Å². The summed E-state index contributed by atoms with van der Waals surface area (Å²) >= 11 is 3.40. The van der Waals surface area contributed by atoms with Crippen LogP contribution >= 0.6 is 23.9 Å². The van der Waals surface area contributed by atoms with Crippen molar-refractivity contribution in [3.8, 4) is 11.1 Å². The van der Waals surface area contributed by atoms with E-state index in [1.54, 1.807) is 36.3 Å². The highest BCUT2D eigenvalue weighted by Crippen LogP contribution is 2.29. The molecule has 36 heavy (non-hydrogen) atoms. The van der Waals surface area contributed by atoms with Gasteiger partial charge in [-0.3, -0.25) is 14.5 Å². The first-order valence-electron chi connectivity index (χ1n) is 11.6. The Labute approximate surface area is 222 Å². The van der Waals surface area contributed by atoms with Gasteiger partial charge in [-0.2, -0.15) is 0 Å². The van der Waals surface area contributed by atoms with Gasteiger partial charge in [-0.1, -0.05) is 66.5 Å². The lowest BCUT2D eigenvalue weighted by molar-refractivity contribution is -0.109. The van der Waals surface area contributed by atoms with E-state index < -0.39 is 0 Å². The smallest absolute Gasteiger partial charge is 0.207 e. The molecule has 6 nitrogen and oxygen atoms in total. The van der Waals surface area contributed by atoms with Gasteiger partial charge in [-0.25, -0.2) is 0 Å². The summed E-state index contributed by atoms with van der Waals surface area (Å²) in [4.78, 5) is 15.0. The first-order chi connectivity index (χ1) is 17.8. The molecule has 0 aliphatic carbocycles. The zero-order valence-electron chi connectivity index (χ0n) is 20.2. The van der Waals surface area contributed by atoms with Crippen molar-refractivity contribution < 1.29 is 4.79 Å². The topological polar surface area (TPSA) is 78.1 Å². The monoisotopic (exact) mass is 517 g/mol. The first kappa shape index (κ1) is 27.1. The number of nitrogens with one attached hydrogen (secondary N) is 4. The van der Waals surface area contributed by atoms with Crippen molar-refractivity contribution in [1.82, 2.24) is 15.0 Å². The molecule has 3 aromatic carbocycles. The second-order valence-corrected chi connectivity index (χ2v) is 9.33. The molecule has 1 aromatic heterocycles. The van der Waals surface area contributed by atoms with Crippen molar-refractivity contribution in [2.75, 3.05) is 29.4 Å². The Balaban J connectivity index is 0.000000303. The second-order valence-electron chi connectivity index (χ2n) is 7.50. The Bertz CT molecular complexity index is 1150. The van der Waals surface area contributed by atoms with Crippen LogP contribution < -0.4 is 20.1 Å². The summed E-state index contributed by atoms with van der Waals surface area (Å²) in [6.45, 7) is 1.47. The van der Waals surface area contributed by atoms with Gasteiger partial charge < -0.3 is 15.4 Å². The molecule has 0 spiro atoms. The Hall–Kier alpha value is -3.46. The fourth-order valence-electron chi connectivity index (χ4n) is 3.13. The molecular formula is C28H31N5OS2. The lowest BCUT2D eigenvalue weighted by atomic mass is 10.1. The number of benzene rings is 3. The summed E-state index contributed by atoms with van der Waals surface area (Å²) < 4.78 is 6.83. The molecule has 0 fully saturated rings. The lowest BCUT2D eigenvalue weighted by Gasteiger charge is -2.10. The van der Waals surface area contributed by atoms with Crippen LogP contribution in [0.3, 0.4) is 0 Å². The fourth-order valence-corrected chi connectivity index (χ4v) is 4.68. The number of rotatable bonds is 12. The van der Waals surface area contributed by atoms with Gasteiger partial charge in [0.05, 0.1) is 0 Å². The molecule has 0 atom stereocenters. The van der Waals surface area contributed by atoms with Crippen molar-refractivity contribution in [2.45, 2.75) is 11.4 Å². The first-order valence-corrected chi connectivity index (χ1v) is 13.4. The largest absolute Gasteiger partial charge is 0.388 e. The predicted octanol–water partition coefficient (Wildman–Crippen LogP) is 6.08. The van der Waals surface area contributed by atoms with Crippen LogP contribution in [0.2, 0.25) is 0 Å². The summed E-state index contributed by atoms with van der Waals surface area (Å²) in [5.41, 5.74) is 5.76. The van der Waals surface area contributed by atoms with Gasteiger partial charge in [0.25, 0.3) is 0 Å². The number of amides is 1. The summed E-state index contributed by atoms with van der Waals surface area (Å²) in [6.07, 6.45) is 4.09. The highest BCUT2D eigenvalue weighted by molar-refractivity contribution is 8.00. The van der Waals surface area contributed by atoms with Gasteiger partial charge in [0.15, 0.2) is 0 Å². The van der Waals surface area contributed by atoms with Gasteiger partial charge in [0.2, 0.25) is 6.41 Å². The molecule has 8 heteroatoms. The molecule has 4 aromatic rings. The van der Waals surface area contributed by atoms with Crippen LogP contribution in [0, 0.1) is 0 Å². The number of anilines is 2. The summed E-state index contributed by atoms with van der Waals surface area (Å²) in [6, 6.07) is 31.1. The number of hydrogen-bond donors (Lipinski definition) is 4. The molecule has 4 N–H and O–H groups in total. The average molecular weight is 518 g/mol. The Morgan fingerprint density at radius 3 is 2.33 bits per heavy atom. The highest BCUT2D eigenvalue weighted by atomic mass is 32.2. The van der Waals surface area contributed by atoms with E-state index in [0.29, 0.717) is 13.0 Å². The van der Waals surface area contributed by atoms with Crippen LogP contribution in [0.1, 0.15) is 5.56 Å². The molecule has 4 rings (SSSR count). The summed E-state index contributed by atoms with van der Waals surface area (Å²) in [5.74, 6) is 0.980. The maximum absolute atomic E-state index is 9.85. The maximum Gasteiger partial charge on any atom is 0.207 e. The molecule has 1 heterocycles. The molecule has 0 unspecified atom stereocenters. The third-order valence-corrected chi connectivity index (χ3v) is 6.65. The Morgan fingerprint density at radius 1 is 0.861 bits per heavy atom.